The maximum absolute atomic E-state index is 13.4. The number of benzene rings is 3. The second kappa shape index (κ2) is 10.9. The third kappa shape index (κ3) is 5.21. The van der Waals surface area contributed by atoms with E-state index in [2.05, 4.69) is 40.5 Å². The Morgan fingerprint density at radius 1 is 0.975 bits per heavy atom. The normalized spacial score (nSPS) is 14.0. The van der Waals surface area contributed by atoms with E-state index in [1.807, 2.05) is 24.3 Å². The highest BCUT2D eigenvalue weighted by Crippen LogP contribution is 2.46. The van der Waals surface area contributed by atoms with Crippen LogP contribution in [0.4, 0.5) is 5.00 Å². The van der Waals surface area contributed by atoms with Crippen LogP contribution in [0.1, 0.15) is 26.4 Å². The number of hydrogen-bond acceptors (Lipinski definition) is 7. The van der Waals surface area contributed by atoms with Crippen LogP contribution in [0.5, 0.6) is 0 Å². The molecule has 204 valence electrons. The molecule has 1 aliphatic rings. The number of rotatable bonds is 7. The fourth-order valence-corrected chi connectivity index (χ4v) is 8.19. The van der Waals surface area contributed by atoms with Crippen molar-refractivity contribution >= 4 is 53.8 Å². The third-order valence-corrected chi connectivity index (χ3v) is 11.0. The van der Waals surface area contributed by atoms with Gasteiger partial charge >= 0.3 is 0 Å². The van der Waals surface area contributed by atoms with Crippen LogP contribution < -0.4 is 5.32 Å². The fourth-order valence-electron chi connectivity index (χ4n) is 4.89. The molecule has 0 bridgehead atoms. The van der Waals surface area contributed by atoms with E-state index in [4.69, 9.17) is 4.98 Å². The van der Waals surface area contributed by atoms with E-state index in [1.54, 1.807) is 34.8 Å². The van der Waals surface area contributed by atoms with Crippen molar-refractivity contribution in [2.45, 2.75) is 24.4 Å². The quantitative estimate of drug-likeness (QED) is 0.249. The van der Waals surface area contributed by atoms with Crippen LogP contribution in [0.2, 0.25) is 0 Å². The molecule has 10 heteroatoms. The summed E-state index contributed by atoms with van der Waals surface area (Å²) in [5, 5.41) is 4.82. The Hall–Kier alpha value is -3.41. The summed E-state index contributed by atoms with van der Waals surface area (Å²) in [5.74, 6) is -0.282. The number of nitrogens with zero attached hydrogens (tertiary/aromatic N) is 3. The number of para-hydroxylation sites is 1. The van der Waals surface area contributed by atoms with Gasteiger partial charge in [0.25, 0.3) is 5.91 Å². The molecule has 0 fully saturated rings. The molecular formula is C30H28N4O3S3. The van der Waals surface area contributed by atoms with E-state index in [0.717, 1.165) is 56.1 Å². The first-order chi connectivity index (χ1) is 19.3. The second-order valence-corrected chi connectivity index (χ2v) is 14.2. The van der Waals surface area contributed by atoms with Gasteiger partial charge in [-0.15, -0.1) is 22.7 Å². The molecule has 0 saturated carbocycles. The highest BCUT2D eigenvalue weighted by molar-refractivity contribution is 7.89. The van der Waals surface area contributed by atoms with E-state index < -0.39 is 10.0 Å². The summed E-state index contributed by atoms with van der Waals surface area (Å²) >= 11 is 3.24. The van der Waals surface area contributed by atoms with Crippen molar-refractivity contribution in [1.29, 1.82) is 0 Å². The molecule has 1 amide bonds. The summed E-state index contributed by atoms with van der Waals surface area (Å²) in [6.45, 7) is 2.60. The SMILES string of the molecule is CN(C)S(=O)(=O)c1ccc(C(=O)Nc2sc3c(c2-c2nc4ccccc4s2)CCN(Cc2ccccc2)C3)cc1. The molecule has 1 aliphatic heterocycles. The van der Waals surface area contributed by atoms with Gasteiger partial charge in [0.05, 0.1) is 15.1 Å². The van der Waals surface area contributed by atoms with Gasteiger partial charge in [-0.3, -0.25) is 9.69 Å². The summed E-state index contributed by atoms with van der Waals surface area (Å²) < 4.78 is 27.2. The molecule has 0 saturated heterocycles. The highest BCUT2D eigenvalue weighted by atomic mass is 32.2. The van der Waals surface area contributed by atoms with Gasteiger partial charge in [0.1, 0.15) is 10.0 Å². The number of thiophene rings is 1. The Labute approximate surface area is 241 Å². The summed E-state index contributed by atoms with van der Waals surface area (Å²) in [6.07, 6.45) is 0.872. The van der Waals surface area contributed by atoms with Crippen molar-refractivity contribution in [3.05, 3.63) is 100 Å². The molecule has 1 N–H and O–H groups in total. The van der Waals surface area contributed by atoms with Crippen molar-refractivity contribution in [2.24, 2.45) is 0 Å². The molecule has 0 radical (unpaired) electrons. The van der Waals surface area contributed by atoms with Crippen LogP contribution in [-0.2, 0) is 29.5 Å². The van der Waals surface area contributed by atoms with E-state index in [0.29, 0.717) is 5.56 Å². The Kier molecular flexibility index (Phi) is 7.28. The average molecular weight is 589 g/mol. The van der Waals surface area contributed by atoms with Crippen LogP contribution in [0, 0.1) is 0 Å². The lowest BCUT2D eigenvalue weighted by Gasteiger charge is -2.27. The van der Waals surface area contributed by atoms with Gasteiger partial charge in [0, 0.05) is 49.7 Å². The number of sulfonamides is 1. The standard InChI is InChI=1S/C30H28N4O3S3/c1-33(2)40(36,37)22-14-12-21(13-15-22)28(35)32-30-27(29-31-24-10-6-7-11-25(24)38-29)23-16-17-34(19-26(23)39-30)18-20-8-4-3-5-9-20/h3-15H,16-19H2,1-2H3,(H,32,35). The lowest BCUT2D eigenvalue weighted by molar-refractivity contribution is 0.102. The Balaban J connectivity index is 1.33. The van der Waals surface area contributed by atoms with Gasteiger partial charge in [-0.1, -0.05) is 42.5 Å². The molecule has 0 aliphatic carbocycles. The summed E-state index contributed by atoms with van der Waals surface area (Å²) in [7, 11) is -0.601. The maximum Gasteiger partial charge on any atom is 0.256 e. The number of hydrogen-bond donors (Lipinski definition) is 1. The summed E-state index contributed by atoms with van der Waals surface area (Å²) in [6, 6.07) is 24.6. The topological polar surface area (TPSA) is 82.6 Å². The lowest BCUT2D eigenvalue weighted by Crippen LogP contribution is -2.29. The molecule has 0 atom stereocenters. The smallest absolute Gasteiger partial charge is 0.256 e. The molecule has 0 spiro atoms. The number of aromatic nitrogens is 1. The van der Waals surface area contributed by atoms with Crippen LogP contribution in [0.15, 0.2) is 83.8 Å². The number of thiazole rings is 1. The minimum Gasteiger partial charge on any atom is -0.313 e. The van der Waals surface area contributed by atoms with E-state index in [9.17, 15) is 13.2 Å². The predicted molar refractivity (Wildman–Crippen MR) is 162 cm³/mol. The number of carbonyl (C=O) groups excluding carboxylic acids is 1. The van der Waals surface area contributed by atoms with Crippen LogP contribution in [0.25, 0.3) is 20.8 Å². The minimum absolute atomic E-state index is 0.148. The summed E-state index contributed by atoms with van der Waals surface area (Å²) in [5.41, 5.74) is 4.86. The molecule has 2 aromatic heterocycles. The number of amides is 1. The van der Waals surface area contributed by atoms with Crippen LogP contribution >= 0.6 is 22.7 Å². The largest absolute Gasteiger partial charge is 0.313 e. The number of carbonyl (C=O) groups is 1. The first kappa shape index (κ1) is 26.8. The molecular weight excluding hydrogens is 561 g/mol. The molecule has 7 nitrogen and oxygen atoms in total. The van der Waals surface area contributed by atoms with E-state index in [1.165, 1.54) is 42.2 Å². The van der Waals surface area contributed by atoms with Crippen LogP contribution in [-0.4, -0.2) is 49.2 Å². The summed E-state index contributed by atoms with van der Waals surface area (Å²) in [4.78, 5) is 22.1. The van der Waals surface area contributed by atoms with E-state index >= 15 is 0 Å². The number of fused-ring (bicyclic) bond motifs is 2. The Morgan fingerprint density at radius 3 is 2.42 bits per heavy atom. The average Bonchev–Trinajstić information content (AvgIpc) is 3.54. The molecule has 5 aromatic rings. The molecule has 3 aromatic carbocycles. The van der Waals surface area contributed by atoms with Crippen molar-refractivity contribution in [2.75, 3.05) is 26.0 Å². The van der Waals surface area contributed by atoms with Gasteiger partial charge in [0.15, 0.2) is 0 Å². The molecule has 3 heterocycles. The monoisotopic (exact) mass is 588 g/mol. The maximum atomic E-state index is 13.4. The zero-order chi connectivity index (χ0) is 27.9. The number of anilines is 1. The first-order valence-corrected chi connectivity index (χ1v) is 16.0. The van der Waals surface area contributed by atoms with Crippen molar-refractivity contribution < 1.29 is 13.2 Å². The highest BCUT2D eigenvalue weighted by Gasteiger charge is 2.28. The van der Waals surface area contributed by atoms with Crippen molar-refractivity contribution in [1.82, 2.24) is 14.2 Å². The van der Waals surface area contributed by atoms with Gasteiger partial charge in [-0.05, 0) is 53.9 Å². The predicted octanol–water partition coefficient (Wildman–Crippen LogP) is 6.09. The number of nitrogens with one attached hydrogen (secondary N) is 1. The van der Waals surface area contributed by atoms with Gasteiger partial charge in [0.2, 0.25) is 10.0 Å². The van der Waals surface area contributed by atoms with E-state index in [-0.39, 0.29) is 10.8 Å². The lowest BCUT2D eigenvalue weighted by atomic mass is 10.0. The molecule has 6 rings (SSSR count). The Morgan fingerprint density at radius 2 is 1.70 bits per heavy atom. The van der Waals surface area contributed by atoms with Gasteiger partial charge < -0.3 is 5.32 Å². The fraction of sp³-hybridized carbons (Fsp3) is 0.200. The molecule has 0 unspecified atom stereocenters. The van der Waals surface area contributed by atoms with Crippen molar-refractivity contribution in [3.63, 3.8) is 0 Å². The third-order valence-electron chi connectivity index (χ3n) is 7.01. The zero-order valence-corrected chi connectivity index (χ0v) is 24.6. The minimum atomic E-state index is -3.57. The second-order valence-electron chi connectivity index (χ2n) is 9.91. The van der Waals surface area contributed by atoms with Crippen molar-refractivity contribution in [3.8, 4) is 10.6 Å². The first-order valence-electron chi connectivity index (χ1n) is 12.9. The zero-order valence-electron chi connectivity index (χ0n) is 22.1. The molecule has 40 heavy (non-hydrogen) atoms. The Bertz CT molecular complexity index is 1760. The van der Waals surface area contributed by atoms with Crippen LogP contribution in [0.3, 0.4) is 0 Å². The van der Waals surface area contributed by atoms with Gasteiger partial charge in [-0.2, -0.15) is 0 Å². The van der Waals surface area contributed by atoms with Gasteiger partial charge in [-0.25, -0.2) is 17.7 Å².